The molecule has 1 aromatic heterocycles. The van der Waals surface area contributed by atoms with E-state index in [0.29, 0.717) is 17.8 Å². The van der Waals surface area contributed by atoms with E-state index in [1.165, 1.54) is 5.32 Å². The van der Waals surface area contributed by atoms with Crippen LogP contribution in [-0.4, -0.2) is 41.6 Å². The van der Waals surface area contributed by atoms with E-state index >= 15 is 4.39 Å². The van der Waals surface area contributed by atoms with E-state index < -0.39 is 71.2 Å². The summed E-state index contributed by atoms with van der Waals surface area (Å²) in [5.74, 6) is -6.51. The zero-order chi connectivity index (χ0) is 31.9. The van der Waals surface area contributed by atoms with Crippen molar-refractivity contribution >= 4 is 23.4 Å². The highest BCUT2D eigenvalue weighted by Crippen LogP contribution is 2.51. The molecular formula is C28H31F7N4O4. The van der Waals surface area contributed by atoms with Gasteiger partial charge in [-0.25, -0.2) is 4.39 Å². The monoisotopic (exact) mass is 620 g/mol. The van der Waals surface area contributed by atoms with E-state index in [9.17, 15) is 40.7 Å². The molecule has 8 nitrogen and oxygen atoms in total. The third-order valence-electron chi connectivity index (χ3n) is 7.70. The van der Waals surface area contributed by atoms with Gasteiger partial charge in [-0.3, -0.25) is 14.4 Å². The van der Waals surface area contributed by atoms with E-state index in [1.54, 1.807) is 13.8 Å². The molecule has 0 spiro atoms. The molecule has 1 heterocycles. The zero-order valence-corrected chi connectivity index (χ0v) is 23.5. The first-order valence-corrected chi connectivity index (χ1v) is 13.8. The number of nitrogens with one attached hydrogen (secondary N) is 3. The second-order valence-corrected chi connectivity index (χ2v) is 11.4. The Kier molecular flexibility index (Phi) is 9.12. The van der Waals surface area contributed by atoms with Gasteiger partial charge in [0, 0.05) is 0 Å². The van der Waals surface area contributed by atoms with Crippen LogP contribution < -0.4 is 16.0 Å². The minimum atomic E-state index is -5.15. The maximum Gasteiger partial charge on any atom is 0.416 e. The van der Waals surface area contributed by atoms with E-state index in [0.717, 1.165) is 38.9 Å². The molecule has 0 radical (unpaired) electrons. The molecule has 2 saturated carbocycles. The van der Waals surface area contributed by atoms with Gasteiger partial charge >= 0.3 is 12.4 Å². The molecule has 2 atom stereocenters. The Morgan fingerprint density at radius 3 is 2.09 bits per heavy atom. The van der Waals surface area contributed by atoms with Gasteiger partial charge in [0.15, 0.2) is 0 Å². The lowest BCUT2D eigenvalue weighted by Gasteiger charge is -2.28. The number of rotatable bonds is 11. The number of aromatic nitrogens is 1. The molecule has 3 amide bonds. The van der Waals surface area contributed by atoms with Crippen molar-refractivity contribution < 1.29 is 49.6 Å². The number of benzene rings is 1. The minimum absolute atomic E-state index is 0.0876. The van der Waals surface area contributed by atoms with Crippen LogP contribution in [0.15, 0.2) is 22.9 Å². The Morgan fingerprint density at radius 2 is 1.58 bits per heavy atom. The fourth-order valence-corrected chi connectivity index (χ4v) is 5.26. The van der Waals surface area contributed by atoms with Gasteiger partial charge in [-0.2, -0.15) is 26.3 Å². The molecule has 0 bridgehead atoms. The average Bonchev–Trinajstić information content (AvgIpc) is 3.85. The first-order valence-electron chi connectivity index (χ1n) is 13.8. The van der Waals surface area contributed by atoms with Crippen LogP contribution in [0.5, 0.6) is 0 Å². The Bertz CT molecular complexity index is 1350. The van der Waals surface area contributed by atoms with Crippen molar-refractivity contribution in [3.05, 3.63) is 46.6 Å². The molecule has 1 aromatic carbocycles. The van der Waals surface area contributed by atoms with Gasteiger partial charge in [-0.15, -0.1) is 0 Å². The van der Waals surface area contributed by atoms with Gasteiger partial charge < -0.3 is 20.5 Å². The molecule has 236 valence electrons. The fourth-order valence-electron chi connectivity index (χ4n) is 5.26. The van der Waals surface area contributed by atoms with Crippen LogP contribution in [0.4, 0.5) is 36.4 Å². The van der Waals surface area contributed by atoms with Crippen molar-refractivity contribution in [3.63, 3.8) is 0 Å². The Hall–Kier alpha value is -3.65. The van der Waals surface area contributed by atoms with Crippen LogP contribution in [0.25, 0.3) is 0 Å². The van der Waals surface area contributed by atoms with Crippen LogP contribution in [0.2, 0.25) is 0 Å². The standard InChI is InChI=1S/C28H31F7N4O4/c1-12(2)22-17(10-43-39-22)25(41)38-23(21(14-4-5-14)15-6-7-15)26(42)37-20-9-18(28(33,34)35)16(8-19(20)29)13(3)24(40)36-11-27(30,31)32/h8-10,12-15,21,23H,4-7,11H2,1-3H3,(H,36,40)(H,37,42)(H,38,41)/t13?,23-/m0/s1. The molecule has 2 aliphatic carbocycles. The number of amides is 3. The van der Waals surface area contributed by atoms with E-state index in [-0.39, 0.29) is 29.2 Å². The number of hydrogen-bond acceptors (Lipinski definition) is 5. The number of halogens is 7. The SMILES string of the molecule is CC(C)c1nocc1C(=O)N[C@H](C(=O)Nc1cc(C(F)(F)F)c(C(C)C(=O)NCC(F)(F)F)cc1F)C(C1CC1)C1CC1. The topological polar surface area (TPSA) is 113 Å². The summed E-state index contributed by atoms with van der Waals surface area (Å²) < 4.78 is 99.7. The third-order valence-corrected chi connectivity index (χ3v) is 7.70. The Morgan fingerprint density at radius 1 is 0.977 bits per heavy atom. The van der Waals surface area contributed by atoms with E-state index in [4.69, 9.17) is 4.52 Å². The lowest BCUT2D eigenvalue weighted by molar-refractivity contribution is -0.141. The summed E-state index contributed by atoms with van der Waals surface area (Å²) in [5.41, 5.74) is -2.84. The molecule has 4 rings (SSSR count). The highest BCUT2D eigenvalue weighted by Gasteiger charge is 2.49. The van der Waals surface area contributed by atoms with Gasteiger partial charge in [-0.1, -0.05) is 19.0 Å². The maximum atomic E-state index is 15.2. The van der Waals surface area contributed by atoms with Crippen molar-refractivity contribution in [1.82, 2.24) is 15.8 Å². The Labute approximate surface area is 242 Å². The van der Waals surface area contributed by atoms with Crippen molar-refractivity contribution in [2.24, 2.45) is 17.8 Å². The summed E-state index contributed by atoms with van der Waals surface area (Å²) >= 11 is 0. The molecule has 3 N–H and O–H groups in total. The second-order valence-electron chi connectivity index (χ2n) is 11.4. The molecule has 43 heavy (non-hydrogen) atoms. The van der Waals surface area contributed by atoms with Gasteiger partial charge in [0.25, 0.3) is 5.91 Å². The van der Waals surface area contributed by atoms with Gasteiger partial charge in [-0.05, 0) is 74.0 Å². The first-order chi connectivity index (χ1) is 20.0. The number of anilines is 1. The molecule has 2 aromatic rings. The lowest BCUT2D eigenvalue weighted by Crippen LogP contribution is -2.50. The van der Waals surface area contributed by atoms with Crippen LogP contribution in [0.3, 0.4) is 0 Å². The van der Waals surface area contributed by atoms with Crippen LogP contribution in [0, 0.1) is 23.6 Å². The average molecular weight is 621 g/mol. The van der Waals surface area contributed by atoms with E-state index in [1.807, 2.05) is 0 Å². The van der Waals surface area contributed by atoms with Gasteiger partial charge in [0.05, 0.1) is 22.9 Å². The van der Waals surface area contributed by atoms with Crippen LogP contribution in [-0.2, 0) is 15.8 Å². The predicted molar refractivity (Wildman–Crippen MR) is 138 cm³/mol. The molecule has 0 saturated heterocycles. The molecular weight excluding hydrogens is 589 g/mol. The molecule has 1 unspecified atom stereocenters. The molecule has 2 fully saturated rings. The van der Waals surface area contributed by atoms with Gasteiger partial charge in [0.1, 0.15) is 30.2 Å². The minimum Gasteiger partial charge on any atom is -0.364 e. The number of alkyl halides is 6. The summed E-state index contributed by atoms with van der Waals surface area (Å²) in [6, 6.07) is -0.549. The summed E-state index contributed by atoms with van der Waals surface area (Å²) in [7, 11) is 0. The van der Waals surface area contributed by atoms with Crippen molar-refractivity contribution in [2.45, 2.75) is 76.7 Å². The van der Waals surface area contributed by atoms with Crippen LogP contribution >= 0.6 is 0 Å². The van der Waals surface area contributed by atoms with E-state index in [2.05, 4.69) is 15.8 Å². The summed E-state index contributed by atoms with van der Waals surface area (Å²) in [4.78, 5) is 39.0. The number of carbonyl (C=O) groups is 3. The number of carbonyl (C=O) groups excluding carboxylic acids is 3. The molecule has 15 heteroatoms. The summed E-state index contributed by atoms with van der Waals surface area (Å²) in [6.07, 6.45) is -5.66. The van der Waals surface area contributed by atoms with Crippen LogP contribution in [0.1, 0.15) is 85.5 Å². The summed E-state index contributed by atoms with van der Waals surface area (Å²) in [5, 5.41) is 10.2. The fraction of sp³-hybridized carbons (Fsp3) is 0.571. The van der Waals surface area contributed by atoms with Crippen molar-refractivity contribution in [3.8, 4) is 0 Å². The summed E-state index contributed by atoms with van der Waals surface area (Å²) in [6.45, 7) is 2.69. The second kappa shape index (κ2) is 12.2. The predicted octanol–water partition coefficient (Wildman–Crippen LogP) is 5.91. The highest BCUT2D eigenvalue weighted by atomic mass is 19.4. The largest absolute Gasteiger partial charge is 0.416 e. The Balaban J connectivity index is 1.63. The van der Waals surface area contributed by atoms with Crippen molar-refractivity contribution in [2.75, 3.05) is 11.9 Å². The van der Waals surface area contributed by atoms with Gasteiger partial charge in [0.2, 0.25) is 11.8 Å². The normalized spacial score (nSPS) is 17.1. The lowest BCUT2D eigenvalue weighted by atomic mass is 9.88. The number of nitrogens with zero attached hydrogens (tertiary/aromatic N) is 1. The third kappa shape index (κ3) is 7.85. The maximum absolute atomic E-state index is 15.2. The number of hydrogen-bond donors (Lipinski definition) is 3. The molecule has 2 aliphatic rings. The smallest absolute Gasteiger partial charge is 0.364 e. The first kappa shape index (κ1) is 32.3. The van der Waals surface area contributed by atoms with Crippen molar-refractivity contribution in [1.29, 1.82) is 0 Å². The molecule has 0 aliphatic heterocycles. The quantitative estimate of drug-likeness (QED) is 0.271. The zero-order valence-electron chi connectivity index (χ0n) is 23.5. The highest BCUT2D eigenvalue weighted by molar-refractivity contribution is 6.02.